The molecule has 2 atom stereocenters. The van der Waals surface area contributed by atoms with Crippen LogP contribution in [0.4, 0.5) is 37.7 Å². The molecule has 4 N–H and O–H groups in total. The molecule has 0 saturated carbocycles. The third-order valence-electron chi connectivity index (χ3n) is 11.6. The standard InChI is InChI=1S/C26H22F3N3O5.C25H19F3N2O6/c1-30-25(35)16(13-37-17-5-4-15-10-23(34)31-21(15)11-17)9-22(33)18-3-2-6-32(26(18)36)12-14-7-19(27)24(29)20(28)8-14;26-18-6-13(7-19(27)23(18)28)11-30-5-1-2-17(24(30)33)21(31)8-15(25(34)35)12-36-16-4-3-14-9-22(32)29-20(14)10-16/h2-8,11,16H,9-10,12-13H2,1H3,(H,30,35)(H,31,34);1-7,10,15H,8-9,11-12H2,(H,29,32)(H,34,35)/t16-;15-/m00/s1. The average molecular weight is 1010 g/mol. The number of carboxylic acid groups (broad SMARTS) is 1. The number of aromatic nitrogens is 2. The van der Waals surface area contributed by atoms with Crippen molar-refractivity contribution in [2.75, 3.05) is 30.9 Å². The second-order valence-corrected chi connectivity index (χ2v) is 16.8. The Labute approximate surface area is 409 Å². The van der Waals surface area contributed by atoms with Crippen molar-refractivity contribution in [3.05, 3.63) is 186 Å². The molecule has 0 spiro atoms. The van der Waals surface area contributed by atoms with E-state index in [0.29, 0.717) is 22.9 Å². The van der Waals surface area contributed by atoms with Crippen molar-refractivity contribution in [3.8, 4) is 11.5 Å². The van der Waals surface area contributed by atoms with Crippen molar-refractivity contribution in [2.45, 2.75) is 38.8 Å². The lowest BCUT2D eigenvalue weighted by Crippen LogP contribution is -2.34. The molecule has 22 heteroatoms. The predicted octanol–water partition coefficient (Wildman–Crippen LogP) is 5.98. The highest BCUT2D eigenvalue weighted by molar-refractivity contribution is 6.01. The fourth-order valence-electron chi connectivity index (χ4n) is 7.82. The van der Waals surface area contributed by atoms with E-state index in [1.165, 1.54) is 43.7 Å². The van der Waals surface area contributed by atoms with Gasteiger partial charge in [0.15, 0.2) is 46.5 Å². The number of aliphatic carboxylic acids is 1. The second-order valence-electron chi connectivity index (χ2n) is 16.8. The number of ketones is 2. The van der Waals surface area contributed by atoms with E-state index in [4.69, 9.17) is 9.47 Å². The lowest BCUT2D eigenvalue weighted by molar-refractivity contribution is -0.142. The van der Waals surface area contributed by atoms with Gasteiger partial charge in [0.2, 0.25) is 17.7 Å². The molecular formula is C51H41F6N5O11. The Hall–Kier alpha value is -8.82. The highest BCUT2D eigenvalue weighted by Crippen LogP contribution is 2.29. The van der Waals surface area contributed by atoms with Gasteiger partial charge in [0, 0.05) is 55.8 Å². The first kappa shape index (κ1) is 52.0. The number of hydrogen-bond donors (Lipinski definition) is 4. The van der Waals surface area contributed by atoms with Crippen molar-refractivity contribution >= 4 is 46.6 Å². The molecule has 2 aliphatic rings. The average Bonchev–Trinajstić information content (AvgIpc) is 3.93. The lowest BCUT2D eigenvalue weighted by atomic mass is 9.98. The number of carboxylic acids is 1. The third-order valence-corrected chi connectivity index (χ3v) is 11.6. The minimum absolute atomic E-state index is 0.00901. The Morgan fingerprint density at radius 3 is 1.40 bits per heavy atom. The summed E-state index contributed by atoms with van der Waals surface area (Å²) in [6, 6.07) is 18.1. The van der Waals surface area contributed by atoms with Gasteiger partial charge in [-0.15, -0.1) is 0 Å². The SMILES string of the molecule is CNC(=O)[C@H](COc1ccc2c(c1)NC(=O)C2)CC(=O)c1cccn(Cc2cc(F)c(F)c(F)c2)c1=O.O=C1Cc2ccc(OC[C@H](CC(=O)c3cccn(Cc4cc(F)c(F)c(F)c4)c3=O)C(=O)O)cc2N1. The van der Waals surface area contributed by atoms with Crippen LogP contribution >= 0.6 is 0 Å². The number of nitrogens with zero attached hydrogens (tertiary/aromatic N) is 2. The van der Waals surface area contributed by atoms with E-state index in [2.05, 4.69) is 16.0 Å². The zero-order valence-corrected chi connectivity index (χ0v) is 38.2. The van der Waals surface area contributed by atoms with Crippen LogP contribution in [0.3, 0.4) is 0 Å². The first-order chi connectivity index (χ1) is 34.8. The number of anilines is 2. The Morgan fingerprint density at radius 1 is 0.603 bits per heavy atom. The van der Waals surface area contributed by atoms with Crippen molar-refractivity contribution in [3.63, 3.8) is 0 Å². The van der Waals surface area contributed by atoms with Crippen LogP contribution in [0.1, 0.15) is 55.8 Å². The van der Waals surface area contributed by atoms with Crippen LogP contribution in [-0.4, -0.2) is 69.8 Å². The van der Waals surface area contributed by atoms with Crippen molar-refractivity contribution in [1.82, 2.24) is 14.5 Å². The molecule has 16 nitrogen and oxygen atoms in total. The summed E-state index contributed by atoms with van der Waals surface area (Å²) < 4.78 is 93.8. The summed E-state index contributed by atoms with van der Waals surface area (Å²) in [6.45, 7) is -1.18. The summed E-state index contributed by atoms with van der Waals surface area (Å²) >= 11 is 0. The van der Waals surface area contributed by atoms with Crippen LogP contribution in [0.5, 0.6) is 11.5 Å². The normalized spacial score (nSPS) is 13.1. The molecule has 0 bridgehead atoms. The number of halogens is 6. The number of ether oxygens (including phenoxy) is 2. The zero-order chi connectivity index (χ0) is 52.7. The third kappa shape index (κ3) is 12.6. The van der Waals surface area contributed by atoms with Crippen LogP contribution in [-0.2, 0) is 45.1 Å². The van der Waals surface area contributed by atoms with Crippen LogP contribution in [0.15, 0.2) is 107 Å². The van der Waals surface area contributed by atoms with E-state index in [-0.39, 0.29) is 79.6 Å². The molecular weight excluding hydrogens is 973 g/mol. The molecule has 73 heavy (non-hydrogen) atoms. The van der Waals surface area contributed by atoms with Gasteiger partial charge in [-0.05, 0) is 82.9 Å². The minimum atomic E-state index is -1.64. The molecule has 4 heterocycles. The largest absolute Gasteiger partial charge is 0.493 e. The monoisotopic (exact) mass is 1010 g/mol. The van der Waals surface area contributed by atoms with Gasteiger partial charge >= 0.3 is 5.97 Å². The molecule has 8 rings (SSSR count). The number of benzene rings is 4. The van der Waals surface area contributed by atoms with Gasteiger partial charge in [-0.2, -0.15) is 0 Å². The van der Waals surface area contributed by atoms with Gasteiger partial charge in [0.25, 0.3) is 11.1 Å². The number of pyridine rings is 2. The molecule has 6 aromatic rings. The van der Waals surface area contributed by atoms with Crippen molar-refractivity contribution in [2.24, 2.45) is 11.8 Å². The highest BCUT2D eigenvalue weighted by atomic mass is 19.2. The molecule has 0 fully saturated rings. The second kappa shape index (κ2) is 22.5. The fraction of sp³-hybridized carbons (Fsp3) is 0.216. The number of Topliss-reactive ketones (excluding diaryl/α,β-unsaturated/α-hetero) is 2. The lowest BCUT2D eigenvalue weighted by Gasteiger charge is -2.16. The van der Waals surface area contributed by atoms with E-state index in [1.807, 2.05) is 0 Å². The Bertz CT molecular complexity index is 3280. The van der Waals surface area contributed by atoms with Gasteiger partial charge in [-0.3, -0.25) is 38.4 Å². The topological polar surface area (TPSA) is 221 Å². The van der Waals surface area contributed by atoms with Gasteiger partial charge < -0.3 is 39.7 Å². The highest BCUT2D eigenvalue weighted by Gasteiger charge is 2.28. The minimum Gasteiger partial charge on any atom is -0.493 e. The van der Waals surface area contributed by atoms with Crippen molar-refractivity contribution < 1.29 is 69.7 Å². The number of carbonyl (C=O) groups excluding carboxylic acids is 5. The molecule has 4 aromatic carbocycles. The van der Waals surface area contributed by atoms with Crippen molar-refractivity contribution in [1.29, 1.82) is 0 Å². The van der Waals surface area contributed by atoms with E-state index in [9.17, 15) is 69.8 Å². The molecule has 2 aromatic heterocycles. The van der Waals surface area contributed by atoms with E-state index in [0.717, 1.165) is 44.5 Å². The quantitative estimate of drug-likeness (QED) is 0.0446. The number of nitrogens with one attached hydrogen (secondary N) is 3. The number of hydrogen-bond acceptors (Lipinski definition) is 10. The van der Waals surface area contributed by atoms with Gasteiger partial charge in [0.1, 0.15) is 24.7 Å². The van der Waals surface area contributed by atoms with Gasteiger partial charge in [-0.1, -0.05) is 12.1 Å². The number of fused-ring (bicyclic) bond motifs is 2. The first-order valence-corrected chi connectivity index (χ1v) is 22.1. The van der Waals surface area contributed by atoms with Crippen LogP contribution in [0.2, 0.25) is 0 Å². The maximum atomic E-state index is 13.6. The number of carbonyl (C=O) groups is 6. The summed E-state index contributed by atoms with van der Waals surface area (Å²) in [6.07, 6.45) is 2.22. The van der Waals surface area contributed by atoms with E-state index < -0.39 is 87.7 Å². The van der Waals surface area contributed by atoms with Gasteiger partial charge in [-0.25, -0.2) is 26.3 Å². The maximum absolute atomic E-state index is 13.6. The Balaban J connectivity index is 0.000000214. The molecule has 0 unspecified atom stereocenters. The number of amides is 3. The van der Waals surface area contributed by atoms with Crippen LogP contribution in [0, 0.1) is 46.7 Å². The molecule has 0 aliphatic carbocycles. The van der Waals surface area contributed by atoms with Gasteiger partial charge in [0.05, 0.1) is 48.9 Å². The summed E-state index contributed by atoms with van der Waals surface area (Å²) in [7, 11) is 1.40. The van der Waals surface area contributed by atoms with E-state index >= 15 is 0 Å². The van der Waals surface area contributed by atoms with Crippen LogP contribution in [0.25, 0.3) is 0 Å². The summed E-state index contributed by atoms with van der Waals surface area (Å²) in [5, 5.41) is 17.4. The van der Waals surface area contributed by atoms with Crippen LogP contribution < -0.4 is 36.5 Å². The maximum Gasteiger partial charge on any atom is 0.310 e. The Morgan fingerprint density at radius 2 is 1.00 bits per heavy atom. The predicted molar refractivity (Wildman–Crippen MR) is 247 cm³/mol. The summed E-state index contributed by atoms with van der Waals surface area (Å²) in [4.78, 5) is 98.6. The fourth-order valence-corrected chi connectivity index (χ4v) is 7.82. The molecule has 378 valence electrons. The molecule has 2 aliphatic heterocycles. The zero-order valence-electron chi connectivity index (χ0n) is 38.2. The Kier molecular flexibility index (Phi) is 16.0. The molecule has 0 saturated heterocycles. The summed E-state index contributed by atoms with van der Waals surface area (Å²) in [5.74, 6) is -13.9. The van der Waals surface area contributed by atoms with E-state index in [1.54, 1.807) is 36.4 Å². The smallest absolute Gasteiger partial charge is 0.310 e. The molecule has 3 amide bonds. The molecule has 0 radical (unpaired) electrons. The first-order valence-electron chi connectivity index (χ1n) is 22.1. The summed E-state index contributed by atoms with van der Waals surface area (Å²) in [5.41, 5.74) is 0.658. The number of rotatable bonds is 18.